The molecule has 1 amide bonds. The number of carbonyl (C=O) groups excluding carboxylic acids is 1. The molecule has 124 valence electrons. The maximum atomic E-state index is 12.1. The smallest absolute Gasteiger partial charge is 0.422 e. The first-order valence-electron chi connectivity index (χ1n) is 6.81. The van der Waals surface area contributed by atoms with Crippen molar-refractivity contribution in [3.63, 3.8) is 0 Å². The largest absolute Gasteiger partial charge is 0.484 e. The lowest BCUT2D eigenvalue weighted by molar-refractivity contribution is -0.153. The van der Waals surface area contributed by atoms with Gasteiger partial charge in [-0.1, -0.05) is 6.07 Å². The van der Waals surface area contributed by atoms with Gasteiger partial charge in [-0.05, 0) is 25.1 Å². The second-order valence-electron chi connectivity index (χ2n) is 4.99. The van der Waals surface area contributed by atoms with Crippen molar-refractivity contribution in [2.24, 2.45) is 7.05 Å². The Balaban J connectivity index is 1.98. The molecule has 0 saturated carbocycles. The van der Waals surface area contributed by atoms with Crippen molar-refractivity contribution < 1.29 is 22.7 Å². The number of ether oxygens (including phenoxy) is 1. The van der Waals surface area contributed by atoms with Crippen LogP contribution in [0.25, 0.3) is 0 Å². The molecule has 0 bridgehead atoms. The van der Waals surface area contributed by atoms with Crippen molar-refractivity contribution >= 4 is 5.91 Å². The predicted molar refractivity (Wildman–Crippen MR) is 77.1 cm³/mol. The van der Waals surface area contributed by atoms with Crippen LogP contribution in [0.3, 0.4) is 0 Å². The molecule has 5 nitrogen and oxygen atoms in total. The average molecular weight is 327 g/mol. The van der Waals surface area contributed by atoms with E-state index in [1.165, 1.54) is 24.3 Å². The number of benzene rings is 1. The summed E-state index contributed by atoms with van der Waals surface area (Å²) in [4.78, 5) is 12.1. The number of aromatic nitrogens is 2. The lowest BCUT2D eigenvalue weighted by Gasteiger charge is -2.10. The van der Waals surface area contributed by atoms with Gasteiger partial charge in [-0.15, -0.1) is 0 Å². The zero-order valence-electron chi connectivity index (χ0n) is 12.6. The number of alkyl halides is 3. The Bertz CT molecular complexity index is 696. The number of nitrogens with zero attached hydrogens (tertiary/aromatic N) is 2. The Labute approximate surface area is 131 Å². The minimum atomic E-state index is -4.42. The van der Waals surface area contributed by atoms with Gasteiger partial charge in [-0.25, -0.2) is 0 Å². The Morgan fingerprint density at radius 1 is 1.39 bits per heavy atom. The van der Waals surface area contributed by atoms with Gasteiger partial charge in [0.1, 0.15) is 5.75 Å². The SMILES string of the molecule is Cc1c(CNC(=O)c2cccc(OCC(F)(F)F)c2)cnn1C. The Hall–Kier alpha value is -2.51. The molecule has 1 aromatic heterocycles. The molecule has 0 fully saturated rings. The molecule has 0 unspecified atom stereocenters. The van der Waals surface area contributed by atoms with Gasteiger partial charge in [0.05, 0.1) is 6.20 Å². The molecule has 0 aliphatic rings. The second-order valence-corrected chi connectivity index (χ2v) is 4.99. The molecule has 0 radical (unpaired) electrons. The monoisotopic (exact) mass is 327 g/mol. The summed E-state index contributed by atoms with van der Waals surface area (Å²) in [6, 6.07) is 5.62. The van der Waals surface area contributed by atoms with Gasteiger partial charge in [0.25, 0.3) is 5.91 Å². The minimum absolute atomic E-state index is 0.00691. The minimum Gasteiger partial charge on any atom is -0.484 e. The number of hydrogen-bond acceptors (Lipinski definition) is 3. The highest BCUT2D eigenvalue weighted by Gasteiger charge is 2.28. The van der Waals surface area contributed by atoms with Crippen molar-refractivity contribution in [3.05, 3.63) is 47.3 Å². The number of amides is 1. The van der Waals surface area contributed by atoms with E-state index in [-0.39, 0.29) is 17.9 Å². The highest BCUT2D eigenvalue weighted by atomic mass is 19.4. The summed E-state index contributed by atoms with van der Waals surface area (Å²) in [5.41, 5.74) is 2.02. The summed E-state index contributed by atoms with van der Waals surface area (Å²) in [7, 11) is 1.79. The third-order valence-electron chi connectivity index (χ3n) is 3.28. The van der Waals surface area contributed by atoms with E-state index in [4.69, 9.17) is 0 Å². The van der Waals surface area contributed by atoms with Crippen LogP contribution < -0.4 is 10.1 Å². The third kappa shape index (κ3) is 4.73. The van der Waals surface area contributed by atoms with Gasteiger partial charge < -0.3 is 10.1 Å². The quantitative estimate of drug-likeness (QED) is 0.918. The number of halogens is 3. The van der Waals surface area contributed by atoms with Gasteiger partial charge in [-0.2, -0.15) is 18.3 Å². The van der Waals surface area contributed by atoms with Crippen molar-refractivity contribution in [1.82, 2.24) is 15.1 Å². The molecule has 2 rings (SSSR count). The Morgan fingerprint density at radius 2 is 2.13 bits per heavy atom. The predicted octanol–water partition coefficient (Wildman–Crippen LogP) is 2.60. The van der Waals surface area contributed by atoms with Crippen LogP contribution in [0.5, 0.6) is 5.75 Å². The fraction of sp³-hybridized carbons (Fsp3) is 0.333. The van der Waals surface area contributed by atoms with E-state index in [1.54, 1.807) is 17.9 Å². The second kappa shape index (κ2) is 6.72. The van der Waals surface area contributed by atoms with E-state index in [2.05, 4.69) is 15.2 Å². The van der Waals surface area contributed by atoms with Crippen LogP contribution in [0.2, 0.25) is 0 Å². The molecular weight excluding hydrogens is 311 g/mol. The molecule has 23 heavy (non-hydrogen) atoms. The van der Waals surface area contributed by atoms with E-state index in [9.17, 15) is 18.0 Å². The number of nitrogens with one attached hydrogen (secondary N) is 1. The maximum Gasteiger partial charge on any atom is 0.422 e. The fourth-order valence-corrected chi connectivity index (χ4v) is 1.89. The van der Waals surface area contributed by atoms with E-state index in [0.29, 0.717) is 0 Å². The molecule has 0 aliphatic carbocycles. The zero-order chi connectivity index (χ0) is 17.0. The normalized spacial score (nSPS) is 11.3. The van der Waals surface area contributed by atoms with Crippen molar-refractivity contribution in [2.75, 3.05) is 6.61 Å². The van der Waals surface area contributed by atoms with Crippen LogP contribution >= 0.6 is 0 Å². The van der Waals surface area contributed by atoms with Crippen LogP contribution in [-0.2, 0) is 13.6 Å². The summed E-state index contributed by atoms with van der Waals surface area (Å²) < 4.78 is 42.7. The standard InChI is InChI=1S/C15H16F3N3O2/c1-10-12(8-20-21(10)2)7-19-14(22)11-4-3-5-13(6-11)23-9-15(16,17)18/h3-6,8H,7,9H2,1-2H3,(H,19,22). The van der Waals surface area contributed by atoms with Crippen LogP contribution in [0.15, 0.2) is 30.5 Å². The molecule has 1 aromatic carbocycles. The number of carbonyl (C=O) groups is 1. The molecule has 1 N–H and O–H groups in total. The molecule has 0 atom stereocenters. The molecule has 1 heterocycles. The third-order valence-corrected chi connectivity index (χ3v) is 3.28. The summed E-state index contributed by atoms with van der Waals surface area (Å²) in [6.45, 7) is 0.763. The lowest BCUT2D eigenvalue weighted by atomic mass is 10.2. The molecule has 8 heteroatoms. The summed E-state index contributed by atoms with van der Waals surface area (Å²) >= 11 is 0. The first-order chi connectivity index (χ1) is 10.8. The van der Waals surface area contributed by atoms with Crippen LogP contribution in [0.1, 0.15) is 21.6 Å². The molecular formula is C15H16F3N3O2. The van der Waals surface area contributed by atoms with Crippen molar-refractivity contribution in [2.45, 2.75) is 19.6 Å². The van der Waals surface area contributed by atoms with Gasteiger partial charge in [-0.3, -0.25) is 9.48 Å². The van der Waals surface area contributed by atoms with Crippen molar-refractivity contribution in [3.8, 4) is 5.75 Å². The van der Waals surface area contributed by atoms with E-state index < -0.39 is 18.7 Å². The highest BCUT2D eigenvalue weighted by Crippen LogP contribution is 2.19. The van der Waals surface area contributed by atoms with E-state index in [1.807, 2.05) is 6.92 Å². The van der Waals surface area contributed by atoms with Gasteiger partial charge in [0.15, 0.2) is 6.61 Å². The molecule has 0 saturated heterocycles. The highest BCUT2D eigenvalue weighted by molar-refractivity contribution is 5.94. The van der Waals surface area contributed by atoms with E-state index in [0.717, 1.165) is 11.3 Å². The number of rotatable bonds is 5. The molecule has 0 aliphatic heterocycles. The van der Waals surface area contributed by atoms with Crippen LogP contribution in [0.4, 0.5) is 13.2 Å². The first kappa shape index (κ1) is 16.9. The summed E-state index contributed by atoms with van der Waals surface area (Å²) in [6.07, 6.45) is -2.77. The summed E-state index contributed by atoms with van der Waals surface area (Å²) in [5.74, 6) is -0.404. The Kier molecular flexibility index (Phi) is 4.92. The van der Waals surface area contributed by atoms with Crippen LogP contribution in [0, 0.1) is 6.92 Å². The summed E-state index contributed by atoms with van der Waals surface area (Å²) in [5, 5.41) is 6.77. The number of aryl methyl sites for hydroxylation is 1. The maximum absolute atomic E-state index is 12.1. The van der Waals surface area contributed by atoms with Crippen LogP contribution in [-0.4, -0.2) is 28.5 Å². The first-order valence-corrected chi connectivity index (χ1v) is 6.81. The average Bonchev–Trinajstić information content (AvgIpc) is 2.82. The molecule has 2 aromatic rings. The van der Waals surface area contributed by atoms with Gasteiger partial charge in [0, 0.05) is 30.4 Å². The lowest BCUT2D eigenvalue weighted by Crippen LogP contribution is -2.23. The zero-order valence-corrected chi connectivity index (χ0v) is 12.6. The topological polar surface area (TPSA) is 56.1 Å². The fourth-order valence-electron chi connectivity index (χ4n) is 1.89. The van der Waals surface area contributed by atoms with Crippen molar-refractivity contribution in [1.29, 1.82) is 0 Å². The van der Waals surface area contributed by atoms with E-state index >= 15 is 0 Å². The van der Waals surface area contributed by atoms with Gasteiger partial charge in [0.2, 0.25) is 0 Å². The van der Waals surface area contributed by atoms with Gasteiger partial charge >= 0.3 is 6.18 Å². The number of hydrogen-bond donors (Lipinski definition) is 1. The molecule has 0 spiro atoms. The Morgan fingerprint density at radius 3 is 2.74 bits per heavy atom.